The molecule has 2 heterocycles. The quantitative estimate of drug-likeness (QED) is 0.467. The molecule has 0 bridgehead atoms. The third-order valence-corrected chi connectivity index (χ3v) is 4.67. The number of rotatable bonds is 6. The zero-order valence-corrected chi connectivity index (χ0v) is 16.6. The van der Waals surface area contributed by atoms with Gasteiger partial charge in [-0.1, -0.05) is 42.5 Å². The van der Waals surface area contributed by atoms with Crippen molar-refractivity contribution in [2.45, 2.75) is 6.61 Å². The van der Waals surface area contributed by atoms with E-state index < -0.39 is 0 Å². The van der Waals surface area contributed by atoms with Gasteiger partial charge in [0.25, 0.3) is 0 Å². The molecule has 6 heteroatoms. The smallest absolute Gasteiger partial charge is 0.250 e. The van der Waals surface area contributed by atoms with Gasteiger partial charge < -0.3 is 14.5 Å². The first-order chi connectivity index (χ1) is 13.7. The van der Waals surface area contributed by atoms with E-state index in [1.54, 1.807) is 0 Å². The van der Waals surface area contributed by atoms with Gasteiger partial charge in [-0.3, -0.25) is 4.79 Å². The molecule has 2 aromatic carbocycles. The highest BCUT2D eigenvalue weighted by Gasteiger charge is 2.08. The van der Waals surface area contributed by atoms with E-state index in [1.165, 1.54) is 0 Å². The fourth-order valence-electron chi connectivity index (χ4n) is 2.89. The monoisotopic (exact) mass is 435 g/mol. The summed E-state index contributed by atoms with van der Waals surface area (Å²) >= 11 is 3.46. The molecule has 28 heavy (non-hydrogen) atoms. The van der Waals surface area contributed by atoms with Crippen LogP contribution in [0, 0.1) is 0 Å². The van der Waals surface area contributed by atoms with Crippen molar-refractivity contribution < 1.29 is 9.53 Å². The van der Waals surface area contributed by atoms with Crippen LogP contribution in [0.4, 0.5) is 5.69 Å². The summed E-state index contributed by atoms with van der Waals surface area (Å²) in [5.41, 5.74) is 4.39. The van der Waals surface area contributed by atoms with Gasteiger partial charge in [0.05, 0.1) is 12.3 Å². The standard InChI is InChI=1S/C22H18BrN3O2/c23-18-9-10-21-25-20(13-26(21)12-18)17-7-4-8-19(11-17)24-22(27)15-28-14-16-5-2-1-3-6-16/h1-13H,14-15H2,(H,24,27). The lowest BCUT2D eigenvalue weighted by Gasteiger charge is -2.07. The van der Waals surface area contributed by atoms with Crippen LogP contribution in [-0.2, 0) is 16.1 Å². The highest BCUT2D eigenvalue weighted by Crippen LogP contribution is 2.23. The van der Waals surface area contributed by atoms with E-state index in [4.69, 9.17) is 4.74 Å². The van der Waals surface area contributed by atoms with E-state index in [1.807, 2.05) is 83.5 Å². The summed E-state index contributed by atoms with van der Waals surface area (Å²) in [5.74, 6) is -0.188. The van der Waals surface area contributed by atoms with Gasteiger partial charge in [-0.25, -0.2) is 4.98 Å². The number of nitrogens with one attached hydrogen (secondary N) is 1. The minimum Gasteiger partial charge on any atom is -0.367 e. The van der Waals surface area contributed by atoms with Crippen molar-refractivity contribution in [2.75, 3.05) is 11.9 Å². The number of benzene rings is 2. The number of imidazole rings is 1. The van der Waals surface area contributed by atoms with Gasteiger partial charge in [-0.15, -0.1) is 0 Å². The van der Waals surface area contributed by atoms with Crippen molar-refractivity contribution in [1.82, 2.24) is 9.38 Å². The predicted octanol–water partition coefficient (Wildman–Crippen LogP) is 4.92. The molecular formula is C22H18BrN3O2. The zero-order valence-electron chi connectivity index (χ0n) is 15.0. The van der Waals surface area contributed by atoms with Crippen molar-refractivity contribution >= 4 is 33.2 Å². The van der Waals surface area contributed by atoms with Crippen molar-refractivity contribution in [1.29, 1.82) is 0 Å². The number of hydrogen-bond donors (Lipinski definition) is 1. The zero-order chi connectivity index (χ0) is 19.3. The summed E-state index contributed by atoms with van der Waals surface area (Å²) in [7, 11) is 0. The minimum atomic E-state index is -0.188. The second kappa shape index (κ2) is 8.37. The van der Waals surface area contributed by atoms with E-state index in [0.29, 0.717) is 12.3 Å². The summed E-state index contributed by atoms with van der Waals surface area (Å²) < 4.78 is 8.43. The highest BCUT2D eigenvalue weighted by atomic mass is 79.9. The molecule has 0 atom stereocenters. The maximum Gasteiger partial charge on any atom is 0.250 e. The van der Waals surface area contributed by atoms with Crippen LogP contribution in [0.15, 0.2) is 83.6 Å². The first kappa shape index (κ1) is 18.4. The third kappa shape index (κ3) is 4.47. The van der Waals surface area contributed by atoms with Crippen molar-refractivity contribution in [3.63, 3.8) is 0 Å². The Hall–Kier alpha value is -2.96. The molecular weight excluding hydrogens is 418 g/mol. The number of carbonyl (C=O) groups excluding carboxylic acids is 1. The van der Waals surface area contributed by atoms with Crippen LogP contribution < -0.4 is 5.32 Å². The summed E-state index contributed by atoms with van der Waals surface area (Å²) in [5, 5.41) is 2.88. The van der Waals surface area contributed by atoms with E-state index in [-0.39, 0.29) is 12.5 Å². The number of amides is 1. The molecule has 4 aromatic rings. The molecule has 0 aliphatic heterocycles. The van der Waals surface area contributed by atoms with Gasteiger partial charge in [0.15, 0.2) is 0 Å². The number of aromatic nitrogens is 2. The van der Waals surface area contributed by atoms with Crippen LogP contribution in [0.1, 0.15) is 5.56 Å². The molecule has 0 spiro atoms. The third-order valence-electron chi connectivity index (χ3n) is 4.20. The molecule has 0 fully saturated rings. The molecule has 1 N–H and O–H groups in total. The molecule has 0 unspecified atom stereocenters. The summed E-state index contributed by atoms with van der Waals surface area (Å²) in [6, 6.07) is 21.3. The lowest BCUT2D eigenvalue weighted by molar-refractivity contribution is -0.121. The Morgan fingerprint density at radius 3 is 2.75 bits per heavy atom. The lowest BCUT2D eigenvalue weighted by atomic mass is 10.1. The number of pyridine rings is 1. The number of anilines is 1. The lowest BCUT2D eigenvalue weighted by Crippen LogP contribution is -2.18. The van der Waals surface area contributed by atoms with Crippen LogP contribution in [0.3, 0.4) is 0 Å². The molecule has 140 valence electrons. The molecule has 1 amide bonds. The predicted molar refractivity (Wildman–Crippen MR) is 113 cm³/mol. The van der Waals surface area contributed by atoms with Gasteiger partial charge in [0.1, 0.15) is 12.3 Å². The molecule has 0 saturated carbocycles. The summed E-state index contributed by atoms with van der Waals surface area (Å²) in [6.07, 6.45) is 3.92. The van der Waals surface area contributed by atoms with E-state index in [0.717, 1.165) is 26.9 Å². The molecule has 5 nitrogen and oxygen atoms in total. The average Bonchev–Trinajstić information content (AvgIpc) is 3.12. The van der Waals surface area contributed by atoms with Gasteiger partial charge in [-0.2, -0.15) is 0 Å². The Labute approximate surface area is 171 Å². The topological polar surface area (TPSA) is 55.6 Å². The normalized spacial score (nSPS) is 10.9. The SMILES string of the molecule is O=C(COCc1ccccc1)Nc1cccc(-c2cn3cc(Br)ccc3n2)c1. The average molecular weight is 436 g/mol. The maximum absolute atomic E-state index is 12.2. The fraction of sp³-hybridized carbons (Fsp3) is 0.0909. The second-order valence-electron chi connectivity index (χ2n) is 6.35. The number of fused-ring (bicyclic) bond motifs is 1. The number of halogens is 1. The number of nitrogens with zero attached hydrogens (tertiary/aromatic N) is 2. The Balaban J connectivity index is 1.40. The molecule has 0 saturated heterocycles. The molecule has 0 aliphatic carbocycles. The molecule has 4 rings (SSSR count). The van der Waals surface area contributed by atoms with Crippen molar-refractivity contribution in [3.05, 3.63) is 89.2 Å². The fourth-order valence-corrected chi connectivity index (χ4v) is 3.25. The largest absolute Gasteiger partial charge is 0.367 e. The number of ether oxygens (including phenoxy) is 1. The van der Waals surface area contributed by atoms with Gasteiger partial charge in [0.2, 0.25) is 5.91 Å². The van der Waals surface area contributed by atoms with E-state index in [9.17, 15) is 4.79 Å². The molecule has 0 aliphatic rings. The van der Waals surface area contributed by atoms with Crippen LogP contribution in [0.2, 0.25) is 0 Å². The first-order valence-corrected chi connectivity index (χ1v) is 9.63. The Kier molecular flexibility index (Phi) is 5.50. The van der Waals surface area contributed by atoms with Gasteiger partial charge >= 0.3 is 0 Å². The Morgan fingerprint density at radius 1 is 1.04 bits per heavy atom. The molecule has 2 aromatic heterocycles. The van der Waals surface area contributed by atoms with Crippen LogP contribution in [0.5, 0.6) is 0 Å². The summed E-state index contributed by atoms with van der Waals surface area (Å²) in [4.78, 5) is 16.8. The van der Waals surface area contributed by atoms with Crippen LogP contribution in [0.25, 0.3) is 16.9 Å². The molecule has 0 radical (unpaired) electrons. The van der Waals surface area contributed by atoms with Gasteiger partial charge in [-0.05, 0) is 45.8 Å². The number of hydrogen-bond acceptors (Lipinski definition) is 3. The first-order valence-electron chi connectivity index (χ1n) is 8.83. The van der Waals surface area contributed by atoms with Crippen LogP contribution in [-0.4, -0.2) is 21.9 Å². The van der Waals surface area contributed by atoms with Gasteiger partial charge in [0, 0.05) is 28.1 Å². The Morgan fingerprint density at radius 2 is 1.89 bits per heavy atom. The maximum atomic E-state index is 12.2. The summed E-state index contributed by atoms with van der Waals surface area (Å²) in [6.45, 7) is 0.409. The second-order valence-corrected chi connectivity index (χ2v) is 7.26. The minimum absolute atomic E-state index is 0.00150. The van der Waals surface area contributed by atoms with Crippen molar-refractivity contribution in [2.24, 2.45) is 0 Å². The van der Waals surface area contributed by atoms with Crippen molar-refractivity contribution in [3.8, 4) is 11.3 Å². The van der Waals surface area contributed by atoms with Crippen LogP contribution >= 0.6 is 15.9 Å². The highest BCUT2D eigenvalue weighted by molar-refractivity contribution is 9.10. The number of carbonyl (C=O) groups is 1. The Bertz CT molecular complexity index is 1110. The van der Waals surface area contributed by atoms with E-state index >= 15 is 0 Å². The van der Waals surface area contributed by atoms with E-state index in [2.05, 4.69) is 26.2 Å².